The fourth-order valence-corrected chi connectivity index (χ4v) is 3.28. The minimum absolute atomic E-state index is 0.0442. The molecular formula is C19H26N2O3. The number of amides is 2. The molecule has 2 amide bonds. The smallest absolute Gasteiger partial charge is 0.228 e. The molecule has 2 aliphatic carbocycles. The van der Waals surface area contributed by atoms with Crippen LogP contribution in [0.4, 0.5) is 5.69 Å². The van der Waals surface area contributed by atoms with Crippen LogP contribution in [0.1, 0.15) is 46.0 Å². The third-order valence-corrected chi connectivity index (χ3v) is 4.66. The van der Waals surface area contributed by atoms with Crippen LogP contribution >= 0.6 is 0 Å². The Morgan fingerprint density at radius 3 is 2.29 bits per heavy atom. The molecule has 0 radical (unpaired) electrons. The predicted molar refractivity (Wildman–Crippen MR) is 92.8 cm³/mol. The van der Waals surface area contributed by atoms with Crippen molar-refractivity contribution in [2.45, 2.75) is 58.1 Å². The molecule has 0 aromatic heterocycles. The maximum Gasteiger partial charge on any atom is 0.228 e. The number of rotatable bonds is 6. The summed E-state index contributed by atoms with van der Waals surface area (Å²) in [6, 6.07) is 7.65. The number of carbonyl (C=O) groups is 2. The number of carbonyl (C=O) groups excluding carboxylic acids is 2. The van der Waals surface area contributed by atoms with E-state index in [1.807, 2.05) is 38.1 Å². The molecule has 0 spiro atoms. The summed E-state index contributed by atoms with van der Waals surface area (Å²) >= 11 is 0. The second-order valence-corrected chi connectivity index (χ2v) is 7.12. The molecule has 2 saturated carbocycles. The van der Waals surface area contributed by atoms with E-state index in [4.69, 9.17) is 4.74 Å². The van der Waals surface area contributed by atoms with Crippen LogP contribution in [0.5, 0.6) is 5.75 Å². The highest BCUT2D eigenvalue weighted by Gasteiger charge is 2.48. The standard InChI is InChI=1S/C19H26N2O3/c1-12(2)24-15-9-7-14(8-10-15)21-19(23)17-11-16(17)18(22)20-13-5-3-4-6-13/h7-10,12-13,16-17H,3-6,11H2,1-2H3,(H,20,22)(H,21,23). The van der Waals surface area contributed by atoms with Crippen LogP contribution in [0.15, 0.2) is 24.3 Å². The first kappa shape index (κ1) is 16.8. The molecule has 2 atom stereocenters. The minimum Gasteiger partial charge on any atom is -0.491 e. The van der Waals surface area contributed by atoms with Crippen LogP contribution in [0.3, 0.4) is 0 Å². The summed E-state index contributed by atoms with van der Waals surface area (Å²) in [7, 11) is 0. The van der Waals surface area contributed by atoms with E-state index in [9.17, 15) is 9.59 Å². The third kappa shape index (κ3) is 4.28. The first-order valence-corrected chi connectivity index (χ1v) is 8.91. The van der Waals surface area contributed by atoms with Crippen molar-refractivity contribution in [3.63, 3.8) is 0 Å². The van der Waals surface area contributed by atoms with Crippen LogP contribution in [0.25, 0.3) is 0 Å². The molecule has 0 aliphatic heterocycles. The van der Waals surface area contributed by atoms with Gasteiger partial charge in [0.1, 0.15) is 5.75 Å². The molecule has 5 nitrogen and oxygen atoms in total. The summed E-state index contributed by atoms with van der Waals surface area (Å²) in [4.78, 5) is 24.4. The summed E-state index contributed by atoms with van der Waals surface area (Å²) in [6.45, 7) is 3.94. The lowest BCUT2D eigenvalue weighted by molar-refractivity contribution is -0.125. The van der Waals surface area contributed by atoms with E-state index in [2.05, 4.69) is 10.6 Å². The summed E-state index contributed by atoms with van der Waals surface area (Å²) in [5, 5.41) is 5.97. The van der Waals surface area contributed by atoms with Crippen molar-refractivity contribution in [1.29, 1.82) is 0 Å². The topological polar surface area (TPSA) is 67.4 Å². The normalized spacial score (nSPS) is 23.1. The van der Waals surface area contributed by atoms with Gasteiger partial charge in [-0.1, -0.05) is 12.8 Å². The highest BCUT2D eigenvalue weighted by molar-refractivity contribution is 5.99. The molecule has 0 saturated heterocycles. The molecule has 0 bridgehead atoms. The van der Waals surface area contributed by atoms with Crippen LogP contribution in [-0.4, -0.2) is 24.0 Å². The van der Waals surface area contributed by atoms with Crippen molar-refractivity contribution in [2.24, 2.45) is 11.8 Å². The van der Waals surface area contributed by atoms with E-state index in [1.165, 1.54) is 12.8 Å². The van der Waals surface area contributed by atoms with Crippen LogP contribution in [-0.2, 0) is 9.59 Å². The Balaban J connectivity index is 1.46. The summed E-state index contributed by atoms with van der Waals surface area (Å²) < 4.78 is 5.58. The van der Waals surface area contributed by atoms with Gasteiger partial charge in [0.25, 0.3) is 0 Å². The largest absolute Gasteiger partial charge is 0.491 e. The molecule has 2 unspecified atom stereocenters. The number of ether oxygens (including phenoxy) is 1. The van der Waals surface area contributed by atoms with Gasteiger partial charge in [-0.2, -0.15) is 0 Å². The lowest BCUT2D eigenvalue weighted by atomic mass is 10.2. The molecule has 0 heterocycles. The van der Waals surface area contributed by atoms with E-state index in [0.717, 1.165) is 24.3 Å². The van der Waals surface area contributed by atoms with Crippen molar-refractivity contribution in [3.05, 3.63) is 24.3 Å². The lowest BCUT2D eigenvalue weighted by Crippen LogP contribution is -2.34. The maximum absolute atomic E-state index is 12.3. The molecule has 2 aliphatic rings. The van der Waals surface area contributed by atoms with Gasteiger partial charge in [-0.3, -0.25) is 9.59 Å². The molecule has 24 heavy (non-hydrogen) atoms. The zero-order chi connectivity index (χ0) is 17.1. The summed E-state index contributed by atoms with van der Waals surface area (Å²) in [5.74, 6) is 0.400. The van der Waals surface area contributed by atoms with Crippen LogP contribution in [0.2, 0.25) is 0 Å². The number of hydrogen-bond acceptors (Lipinski definition) is 3. The fourth-order valence-electron chi connectivity index (χ4n) is 3.28. The quantitative estimate of drug-likeness (QED) is 0.842. The lowest BCUT2D eigenvalue weighted by Gasteiger charge is -2.12. The average Bonchev–Trinajstić information content (AvgIpc) is 3.19. The second kappa shape index (κ2) is 7.24. The van der Waals surface area contributed by atoms with E-state index >= 15 is 0 Å². The molecule has 2 fully saturated rings. The van der Waals surface area contributed by atoms with Crippen molar-refractivity contribution < 1.29 is 14.3 Å². The van der Waals surface area contributed by atoms with Crippen LogP contribution < -0.4 is 15.4 Å². The third-order valence-electron chi connectivity index (χ3n) is 4.66. The molecule has 3 rings (SSSR count). The van der Waals surface area contributed by atoms with Crippen molar-refractivity contribution in [3.8, 4) is 5.75 Å². The van der Waals surface area contributed by atoms with E-state index in [0.29, 0.717) is 12.5 Å². The Kier molecular flexibility index (Phi) is 5.07. The fraction of sp³-hybridized carbons (Fsp3) is 0.579. The van der Waals surface area contributed by atoms with Gasteiger partial charge in [0, 0.05) is 11.7 Å². The van der Waals surface area contributed by atoms with Gasteiger partial charge in [-0.15, -0.1) is 0 Å². The molecule has 5 heteroatoms. The molecule has 130 valence electrons. The molecule has 2 N–H and O–H groups in total. The van der Waals surface area contributed by atoms with Crippen LogP contribution in [0, 0.1) is 11.8 Å². The Labute approximate surface area is 143 Å². The van der Waals surface area contributed by atoms with E-state index in [1.54, 1.807) is 0 Å². The van der Waals surface area contributed by atoms with Gasteiger partial charge in [-0.05, 0) is 57.4 Å². The first-order chi connectivity index (χ1) is 11.5. The Morgan fingerprint density at radius 1 is 1.04 bits per heavy atom. The predicted octanol–water partition coefficient (Wildman–Crippen LogP) is 3.11. The highest BCUT2D eigenvalue weighted by atomic mass is 16.5. The number of nitrogens with one attached hydrogen (secondary N) is 2. The number of benzene rings is 1. The Morgan fingerprint density at radius 2 is 1.67 bits per heavy atom. The number of anilines is 1. The van der Waals surface area contributed by atoms with Gasteiger partial charge >= 0.3 is 0 Å². The molecule has 1 aromatic carbocycles. The monoisotopic (exact) mass is 330 g/mol. The zero-order valence-electron chi connectivity index (χ0n) is 14.4. The summed E-state index contributed by atoms with van der Waals surface area (Å²) in [5.41, 5.74) is 0.734. The van der Waals surface area contributed by atoms with Crippen molar-refractivity contribution in [2.75, 3.05) is 5.32 Å². The Bertz CT molecular complexity index is 591. The average molecular weight is 330 g/mol. The first-order valence-electron chi connectivity index (χ1n) is 8.91. The number of hydrogen-bond donors (Lipinski definition) is 2. The van der Waals surface area contributed by atoms with Gasteiger partial charge in [0.15, 0.2) is 0 Å². The van der Waals surface area contributed by atoms with Crippen molar-refractivity contribution >= 4 is 17.5 Å². The van der Waals surface area contributed by atoms with Crippen molar-refractivity contribution in [1.82, 2.24) is 5.32 Å². The zero-order valence-corrected chi connectivity index (χ0v) is 14.4. The summed E-state index contributed by atoms with van der Waals surface area (Å²) in [6.07, 6.45) is 5.29. The van der Waals surface area contributed by atoms with Gasteiger partial charge < -0.3 is 15.4 Å². The molecular weight excluding hydrogens is 304 g/mol. The molecule has 1 aromatic rings. The van der Waals surface area contributed by atoms with Gasteiger partial charge in [0.05, 0.1) is 17.9 Å². The minimum atomic E-state index is -0.196. The maximum atomic E-state index is 12.3. The van der Waals surface area contributed by atoms with E-state index < -0.39 is 0 Å². The second-order valence-electron chi connectivity index (χ2n) is 7.12. The van der Waals surface area contributed by atoms with E-state index in [-0.39, 0.29) is 29.8 Å². The van der Waals surface area contributed by atoms with Gasteiger partial charge in [0.2, 0.25) is 11.8 Å². The Hall–Kier alpha value is -2.04. The highest BCUT2D eigenvalue weighted by Crippen LogP contribution is 2.40. The SMILES string of the molecule is CC(C)Oc1ccc(NC(=O)C2CC2C(=O)NC2CCCC2)cc1. The van der Waals surface area contributed by atoms with Gasteiger partial charge in [-0.25, -0.2) is 0 Å².